The van der Waals surface area contributed by atoms with E-state index in [1.54, 1.807) is 0 Å². The molecule has 0 aliphatic rings. The predicted molar refractivity (Wildman–Crippen MR) is 90.2 cm³/mol. The van der Waals surface area contributed by atoms with Gasteiger partial charge in [-0.15, -0.1) is 0 Å². The third-order valence-electron chi connectivity index (χ3n) is 2.44. The van der Waals surface area contributed by atoms with Crippen LogP contribution in [0.15, 0.2) is 24.3 Å². The predicted octanol–water partition coefficient (Wildman–Crippen LogP) is 3.33. The number of rotatable bonds is 3. The van der Waals surface area contributed by atoms with Gasteiger partial charge >= 0.3 is 6.09 Å². The number of carbonyl (C=O) groups excluding carboxylic acids is 1. The quantitative estimate of drug-likeness (QED) is 0.433. The molecule has 3 N–H and O–H groups in total. The van der Waals surface area contributed by atoms with Crippen molar-refractivity contribution in [1.82, 2.24) is 10.6 Å². The zero-order chi connectivity index (χ0) is 16.0. The van der Waals surface area contributed by atoms with E-state index >= 15 is 0 Å². The van der Waals surface area contributed by atoms with Crippen molar-refractivity contribution in [2.75, 3.05) is 12.4 Å². The number of aryl methyl sites for hydroxylation is 1. The summed E-state index contributed by atoms with van der Waals surface area (Å²) in [5.41, 5.74) is 1.80. The van der Waals surface area contributed by atoms with E-state index in [9.17, 15) is 4.79 Å². The summed E-state index contributed by atoms with van der Waals surface area (Å²) in [4.78, 5) is 11.2. The zero-order valence-corrected chi connectivity index (χ0v) is 14.3. The van der Waals surface area contributed by atoms with Crippen LogP contribution in [0.1, 0.15) is 5.56 Å². The number of methoxy groups -OCH3 is 1. The first-order valence-corrected chi connectivity index (χ1v) is 7.32. The number of ether oxygens (including phenoxy) is 1. The number of alkyl carbamates (subject to hydrolysis) is 1. The van der Waals surface area contributed by atoms with E-state index in [1.165, 1.54) is 7.11 Å². The highest BCUT2D eigenvalue weighted by Gasteiger charge is 2.35. The zero-order valence-electron chi connectivity index (χ0n) is 11.2. The number of hydrogen-bond donors (Lipinski definition) is 3. The minimum absolute atomic E-state index is 0.192. The van der Waals surface area contributed by atoms with Crippen molar-refractivity contribution >= 4 is 63.9 Å². The standard InChI is InChI=1S/C12H14Cl3N3O2S/c1-7-5-3-4-6-8(7)16-10(21)17-9(12(13,14)15)18-11(19)20-2/h3-6,9H,1-2H3,(H,18,19)(H2,16,17,21)/t9-/m1/s1. The molecular weight excluding hydrogens is 357 g/mol. The molecule has 0 saturated heterocycles. The molecule has 1 atom stereocenters. The Hall–Kier alpha value is -0.950. The van der Waals surface area contributed by atoms with Gasteiger partial charge in [-0.05, 0) is 30.8 Å². The summed E-state index contributed by atoms with van der Waals surface area (Å²) in [6.07, 6.45) is -1.81. The highest BCUT2D eigenvalue weighted by molar-refractivity contribution is 7.80. The Kier molecular flexibility index (Phi) is 6.80. The van der Waals surface area contributed by atoms with Gasteiger partial charge in [0.1, 0.15) is 0 Å². The van der Waals surface area contributed by atoms with Crippen molar-refractivity contribution < 1.29 is 9.53 Å². The molecule has 0 fully saturated rings. The smallest absolute Gasteiger partial charge is 0.408 e. The van der Waals surface area contributed by atoms with Crippen LogP contribution in [-0.4, -0.2) is 28.3 Å². The van der Waals surface area contributed by atoms with E-state index in [4.69, 9.17) is 47.0 Å². The Bertz CT molecular complexity index is 523. The number of amides is 1. The molecule has 21 heavy (non-hydrogen) atoms. The maximum absolute atomic E-state index is 11.2. The van der Waals surface area contributed by atoms with Crippen LogP contribution in [0.3, 0.4) is 0 Å². The van der Waals surface area contributed by atoms with Gasteiger partial charge in [0.2, 0.25) is 3.79 Å². The second kappa shape index (κ2) is 7.89. The Morgan fingerprint density at radius 3 is 2.43 bits per heavy atom. The molecule has 0 unspecified atom stereocenters. The van der Waals surface area contributed by atoms with Crippen molar-refractivity contribution in [3.8, 4) is 0 Å². The Morgan fingerprint density at radius 1 is 1.29 bits per heavy atom. The minimum Gasteiger partial charge on any atom is -0.453 e. The molecule has 9 heteroatoms. The average molecular weight is 371 g/mol. The summed E-state index contributed by atoms with van der Waals surface area (Å²) in [5.74, 6) is 0. The number of para-hydroxylation sites is 1. The van der Waals surface area contributed by atoms with Gasteiger partial charge in [0, 0.05) is 5.69 Å². The van der Waals surface area contributed by atoms with E-state index in [-0.39, 0.29) is 5.11 Å². The molecule has 0 bridgehead atoms. The summed E-state index contributed by atoms with van der Waals surface area (Å²) in [7, 11) is 1.20. The molecule has 0 heterocycles. The molecule has 0 aliphatic heterocycles. The number of benzene rings is 1. The number of nitrogens with one attached hydrogen (secondary N) is 3. The Morgan fingerprint density at radius 2 is 1.90 bits per heavy atom. The minimum atomic E-state index is -1.81. The third kappa shape index (κ3) is 6.13. The number of anilines is 1. The van der Waals surface area contributed by atoms with Gasteiger partial charge in [0.25, 0.3) is 0 Å². The van der Waals surface area contributed by atoms with E-state index in [2.05, 4.69) is 20.7 Å². The molecule has 1 aromatic rings. The molecule has 0 aromatic heterocycles. The molecule has 0 spiro atoms. The van der Waals surface area contributed by atoms with Crippen LogP contribution < -0.4 is 16.0 Å². The SMILES string of the molecule is COC(=O)N[C@@H](NC(=S)Nc1ccccc1C)C(Cl)(Cl)Cl. The van der Waals surface area contributed by atoms with Gasteiger partial charge in [-0.1, -0.05) is 53.0 Å². The molecular formula is C12H14Cl3N3O2S. The van der Waals surface area contributed by atoms with E-state index in [0.717, 1.165) is 11.3 Å². The fourth-order valence-electron chi connectivity index (χ4n) is 1.38. The summed E-state index contributed by atoms with van der Waals surface area (Å²) in [6, 6.07) is 7.53. The molecule has 0 saturated carbocycles. The fourth-order valence-corrected chi connectivity index (χ4v) is 1.93. The maximum atomic E-state index is 11.2. The van der Waals surface area contributed by atoms with Crippen LogP contribution in [0.5, 0.6) is 0 Å². The number of thiocarbonyl (C=S) groups is 1. The molecule has 0 aliphatic carbocycles. The molecule has 1 amide bonds. The summed E-state index contributed by atoms with van der Waals surface area (Å²) in [5, 5.41) is 8.20. The topological polar surface area (TPSA) is 62.4 Å². The number of hydrogen-bond acceptors (Lipinski definition) is 3. The normalized spacial score (nSPS) is 12.2. The lowest BCUT2D eigenvalue weighted by Gasteiger charge is -2.27. The van der Waals surface area contributed by atoms with E-state index in [0.29, 0.717) is 0 Å². The number of halogens is 3. The van der Waals surface area contributed by atoms with Crippen LogP contribution >= 0.6 is 47.0 Å². The van der Waals surface area contributed by atoms with Crippen LogP contribution in [0.25, 0.3) is 0 Å². The highest BCUT2D eigenvalue weighted by Crippen LogP contribution is 2.29. The molecule has 5 nitrogen and oxygen atoms in total. The van der Waals surface area contributed by atoms with Gasteiger partial charge in [-0.25, -0.2) is 4.79 Å². The van der Waals surface area contributed by atoms with Gasteiger partial charge in [-0.3, -0.25) is 5.32 Å². The third-order valence-corrected chi connectivity index (χ3v) is 3.32. The number of carbonyl (C=O) groups is 1. The monoisotopic (exact) mass is 369 g/mol. The first-order valence-electron chi connectivity index (χ1n) is 5.78. The molecule has 1 rings (SSSR count). The fraction of sp³-hybridized carbons (Fsp3) is 0.333. The Balaban J connectivity index is 2.73. The lowest BCUT2D eigenvalue weighted by molar-refractivity contribution is 0.166. The lowest BCUT2D eigenvalue weighted by atomic mass is 10.2. The van der Waals surface area contributed by atoms with E-state index in [1.807, 2.05) is 31.2 Å². The van der Waals surface area contributed by atoms with Crippen LogP contribution in [-0.2, 0) is 4.74 Å². The largest absolute Gasteiger partial charge is 0.453 e. The summed E-state index contributed by atoms with van der Waals surface area (Å²) < 4.78 is 2.65. The summed E-state index contributed by atoms with van der Waals surface area (Å²) in [6.45, 7) is 1.92. The second-order valence-electron chi connectivity index (χ2n) is 4.02. The van der Waals surface area contributed by atoms with Crippen molar-refractivity contribution in [1.29, 1.82) is 0 Å². The lowest BCUT2D eigenvalue weighted by Crippen LogP contribution is -2.56. The van der Waals surface area contributed by atoms with Gasteiger partial charge in [0.05, 0.1) is 7.11 Å². The first-order chi connectivity index (χ1) is 9.74. The second-order valence-corrected chi connectivity index (χ2v) is 6.80. The number of alkyl halides is 3. The van der Waals surface area contributed by atoms with Crippen LogP contribution in [0, 0.1) is 6.92 Å². The summed E-state index contributed by atoms with van der Waals surface area (Å²) >= 11 is 22.5. The van der Waals surface area contributed by atoms with Gasteiger partial charge in [-0.2, -0.15) is 0 Å². The van der Waals surface area contributed by atoms with Crippen molar-refractivity contribution in [3.63, 3.8) is 0 Å². The van der Waals surface area contributed by atoms with Gasteiger partial charge < -0.3 is 15.4 Å². The first kappa shape index (κ1) is 18.1. The Labute approximate surface area is 143 Å². The maximum Gasteiger partial charge on any atom is 0.408 e. The van der Waals surface area contributed by atoms with Crippen LogP contribution in [0.4, 0.5) is 10.5 Å². The highest BCUT2D eigenvalue weighted by atomic mass is 35.6. The van der Waals surface area contributed by atoms with Crippen molar-refractivity contribution in [2.45, 2.75) is 16.9 Å². The van der Waals surface area contributed by atoms with Crippen molar-refractivity contribution in [3.05, 3.63) is 29.8 Å². The van der Waals surface area contributed by atoms with Crippen LogP contribution in [0.2, 0.25) is 0 Å². The molecule has 116 valence electrons. The molecule has 0 radical (unpaired) electrons. The molecule has 1 aromatic carbocycles. The van der Waals surface area contributed by atoms with Gasteiger partial charge in [0.15, 0.2) is 11.3 Å². The van der Waals surface area contributed by atoms with E-state index < -0.39 is 16.1 Å². The average Bonchev–Trinajstić information content (AvgIpc) is 2.39. The van der Waals surface area contributed by atoms with Crippen molar-refractivity contribution in [2.24, 2.45) is 0 Å².